The summed E-state index contributed by atoms with van der Waals surface area (Å²) in [5.74, 6) is 0.644. The fourth-order valence-corrected chi connectivity index (χ4v) is 4.04. The van der Waals surface area contributed by atoms with Gasteiger partial charge in [-0.25, -0.2) is 14.3 Å². The van der Waals surface area contributed by atoms with Crippen LogP contribution >= 0.6 is 0 Å². The van der Waals surface area contributed by atoms with Crippen molar-refractivity contribution in [3.05, 3.63) is 30.7 Å². The summed E-state index contributed by atoms with van der Waals surface area (Å²) in [4.78, 5) is 4.73. The van der Waals surface area contributed by atoms with Crippen LogP contribution in [0.1, 0.15) is 31.2 Å². The van der Waals surface area contributed by atoms with Gasteiger partial charge in [-0.15, -0.1) is 0 Å². The molecule has 2 saturated heterocycles. The summed E-state index contributed by atoms with van der Waals surface area (Å²) < 4.78 is 21.1. The normalized spacial score (nSPS) is 24.4. The number of fused-ring (bicyclic) bond motifs is 1. The fraction of sp³-hybridized carbons (Fsp3) is 0.476. The molecule has 0 aromatic carbocycles. The SMILES string of the molecule is C=Cc1nn(C2CCCCO2)c2ncc(-c3cnn(C)c3O[C@H]3COC[C@H]3N)cc12. The molecular formula is C21H26N6O3. The third kappa shape index (κ3) is 3.28. The van der Waals surface area contributed by atoms with Gasteiger partial charge in [-0.3, -0.25) is 0 Å². The summed E-state index contributed by atoms with van der Waals surface area (Å²) in [6.45, 7) is 5.64. The van der Waals surface area contributed by atoms with Gasteiger partial charge < -0.3 is 19.9 Å². The largest absolute Gasteiger partial charge is 0.470 e. The first-order valence-corrected chi connectivity index (χ1v) is 10.3. The summed E-state index contributed by atoms with van der Waals surface area (Å²) >= 11 is 0. The maximum Gasteiger partial charge on any atom is 0.220 e. The van der Waals surface area contributed by atoms with E-state index < -0.39 is 0 Å². The maximum atomic E-state index is 6.17. The van der Waals surface area contributed by atoms with Crippen molar-refractivity contribution in [1.82, 2.24) is 24.5 Å². The summed E-state index contributed by atoms with van der Waals surface area (Å²) in [5, 5.41) is 10.0. The van der Waals surface area contributed by atoms with E-state index in [0.717, 1.165) is 53.7 Å². The van der Waals surface area contributed by atoms with Gasteiger partial charge in [0, 0.05) is 30.8 Å². The second-order valence-electron chi connectivity index (χ2n) is 7.79. The average Bonchev–Trinajstić information content (AvgIpc) is 3.46. The molecule has 0 spiro atoms. The van der Waals surface area contributed by atoms with Crippen molar-refractivity contribution >= 4 is 17.1 Å². The van der Waals surface area contributed by atoms with Gasteiger partial charge >= 0.3 is 0 Å². The summed E-state index contributed by atoms with van der Waals surface area (Å²) in [6.07, 6.45) is 8.20. The number of nitrogens with two attached hydrogens (primary N) is 1. The lowest BCUT2D eigenvalue weighted by Gasteiger charge is -2.23. The van der Waals surface area contributed by atoms with Crippen LogP contribution in [-0.4, -0.2) is 56.5 Å². The van der Waals surface area contributed by atoms with Gasteiger partial charge in [-0.05, 0) is 31.4 Å². The number of aromatic nitrogens is 5. The quantitative estimate of drug-likeness (QED) is 0.688. The summed E-state index contributed by atoms with van der Waals surface area (Å²) in [7, 11) is 1.85. The molecule has 2 fully saturated rings. The number of ether oxygens (including phenoxy) is 3. The molecule has 5 rings (SSSR count). The molecule has 0 saturated carbocycles. The van der Waals surface area contributed by atoms with Crippen molar-refractivity contribution in [2.75, 3.05) is 19.8 Å². The molecule has 1 unspecified atom stereocenters. The van der Waals surface area contributed by atoms with E-state index >= 15 is 0 Å². The number of hydrogen-bond acceptors (Lipinski definition) is 7. The number of aryl methyl sites for hydroxylation is 1. The van der Waals surface area contributed by atoms with E-state index in [-0.39, 0.29) is 18.4 Å². The van der Waals surface area contributed by atoms with Gasteiger partial charge in [0.25, 0.3) is 0 Å². The first-order valence-electron chi connectivity index (χ1n) is 10.3. The highest BCUT2D eigenvalue weighted by Crippen LogP contribution is 2.34. The van der Waals surface area contributed by atoms with Crippen LogP contribution in [0.4, 0.5) is 0 Å². The number of hydrogen-bond donors (Lipinski definition) is 1. The van der Waals surface area contributed by atoms with E-state index in [9.17, 15) is 0 Å². The molecule has 2 aliphatic rings. The van der Waals surface area contributed by atoms with Gasteiger partial charge in [-0.2, -0.15) is 10.2 Å². The lowest BCUT2D eigenvalue weighted by atomic mass is 10.1. The molecule has 9 nitrogen and oxygen atoms in total. The number of rotatable bonds is 5. The molecule has 3 aromatic rings. The van der Waals surface area contributed by atoms with Gasteiger partial charge in [0.15, 0.2) is 11.9 Å². The Morgan fingerprint density at radius 3 is 2.93 bits per heavy atom. The fourth-order valence-electron chi connectivity index (χ4n) is 4.04. The van der Waals surface area contributed by atoms with Crippen LogP contribution in [0.3, 0.4) is 0 Å². The maximum absolute atomic E-state index is 6.17. The third-order valence-corrected chi connectivity index (χ3v) is 5.73. The van der Waals surface area contributed by atoms with Crippen LogP contribution < -0.4 is 10.5 Å². The Bertz CT molecular complexity index is 1070. The van der Waals surface area contributed by atoms with Crippen molar-refractivity contribution in [2.24, 2.45) is 12.8 Å². The highest BCUT2D eigenvalue weighted by molar-refractivity contribution is 5.88. The van der Waals surface area contributed by atoms with Crippen LogP contribution in [0.25, 0.3) is 28.2 Å². The van der Waals surface area contributed by atoms with E-state index in [2.05, 4.69) is 17.7 Å². The molecule has 2 N–H and O–H groups in total. The van der Waals surface area contributed by atoms with Crippen molar-refractivity contribution < 1.29 is 14.2 Å². The molecule has 5 heterocycles. The average molecular weight is 410 g/mol. The first-order chi connectivity index (χ1) is 14.7. The zero-order chi connectivity index (χ0) is 20.7. The van der Waals surface area contributed by atoms with E-state index in [1.54, 1.807) is 17.0 Å². The van der Waals surface area contributed by atoms with E-state index in [0.29, 0.717) is 19.1 Å². The van der Waals surface area contributed by atoms with Crippen LogP contribution in [0.15, 0.2) is 25.0 Å². The van der Waals surface area contributed by atoms with Crippen molar-refractivity contribution in [1.29, 1.82) is 0 Å². The number of pyridine rings is 1. The minimum Gasteiger partial charge on any atom is -0.470 e. The standard InChI is InChI=1S/C21H26N6O3/c1-3-17-14-8-13(9-23-20(14)27(25-17)19-6-4-5-7-29-19)15-10-24-26(2)21(15)30-18-12-28-11-16(18)22/h3,8-10,16,18-19H,1,4-7,11-12,22H2,2H3/t16-,18+,19?/m1/s1. The zero-order valence-electron chi connectivity index (χ0n) is 17.0. The highest BCUT2D eigenvalue weighted by Gasteiger charge is 2.29. The first kappa shape index (κ1) is 19.2. The lowest BCUT2D eigenvalue weighted by Crippen LogP contribution is -2.37. The van der Waals surface area contributed by atoms with Crippen LogP contribution in [0, 0.1) is 0 Å². The van der Waals surface area contributed by atoms with E-state index in [1.165, 1.54) is 0 Å². The Kier molecular flexibility index (Phi) is 5.01. The second kappa shape index (κ2) is 7.82. The Morgan fingerprint density at radius 2 is 2.20 bits per heavy atom. The Labute approximate surface area is 174 Å². The summed E-state index contributed by atoms with van der Waals surface area (Å²) in [6, 6.07) is 1.90. The van der Waals surface area contributed by atoms with Gasteiger partial charge in [0.2, 0.25) is 5.88 Å². The molecule has 158 valence electrons. The van der Waals surface area contributed by atoms with Crippen molar-refractivity contribution in [3.63, 3.8) is 0 Å². The molecule has 3 atom stereocenters. The molecular weight excluding hydrogens is 384 g/mol. The molecule has 0 radical (unpaired) electrons. The molecule has 0 bridgehead atoms. The van der Waals surface area contributed by atoms with E-state index in [1.807, 2.05) is 17.9 Å². The summed E-state index contributed by atoms with van der Waals surface area (Å²) in [5.41, 5.74) is 9.41. The van der Waals surface area contributed by atoms with Gasteiger partial charge in [0.1, 0.15) is 6.10 Å². The monoisotopic (exact) mass is 410 g/mol. The number of nitrogens with zero attached hydrogens (tertiary/aromatic N) is 5. The molecule has 0 aliphatic carbocycles. The molecule has 2 aliphatic heterocycles. The topological polar surface area (TPSA) is 102 Å². The highest BCUT2D eigenvalue weighted by atomic mass is 16.6. The van der Waals surface area contributed by atoms with Crippen molar-refractivity contribution in [3.8, 4) is 17.0 Å². The smallest absolute Gasteiger partial charge is 0.220 e. The Morgan fingerprint density at radius 1 is 1.30 bits per heavy atom. The van der Waals surface area contributed by atoms with Crippen molar-refractivity contribution in [2.45, 2.75) is 37.6 Å². The zero-order valence-corrected chi connectivity index (χ0v) is 17.0. The van der Waals surface area contributed by atoms with Gasteiger partial charge in [-0.1, -0.05) is 6.58 Å². The van der Waals surface area contributed by atoms with Gasteiger partial charge in [0.05, 0.1) is 36.7 Å². The van der Waals surface area contributed by atoms with Crippen LogP contribution in [0.2, 0.25) is 0 Å². The molecule has 0 amide bonds. The molecule has 30 heavy (non-hydrogen) atoms. The molecule has 3 aromatic heterocycles. The predicted octanol–water partition coefficient (Wildman–Crippen LogP) is 2.28. The van der Waals surface area contributed by atoms with Crippen LogP contribution in [0.5, 0.6) is 5.88 Å². The van der Waals surface area contributed by atoms with Crippen LogP contribution in [-0.2, 0) is 16.5 Å². The second-order valence-corrected chi connectivity index (χ2v) is 7.79. The Balaban J connectivity index is 1.54. The minimum atomic E-state index is -0.203. The minimum absolute atomic E-state index is 0.0885. The third-order valence-electron chi connectivity index (χ3n) is 5.73. The molecule has 9 heteroatoms. The lowest BCUT2D eigenvalue weighted by molar-refractivity contribution is -0.0370. The predicted molar refractivity (Wildman–Crippen MR) is 112 cm³/mol. The Hall–Kier alpha value is -2.75. The van der Waals surface area contributed by atoms with E-state index in [4.69, 9.17) is 30.0 Å².